The maximum atomic E-state index is 13.6. The van der Waals surface area contributed by atoms with Gasteiger partial charge in [-0.25, -0.2) is 14.0 Å². The first-order valence-electron chi connectivity index (χ1n) is 6.22. The molecule has 0 atom stereocenters. The quantitative estimate of drug-likeness (QED) is 0.768. The van der Waals surface area contributed by atoms with Gasteiger partial charge in [0.2, 0.25) is 0 Å². The smallest absolute Gasteiger partial charge is 0.341 e. The van der Waals surface area contributed by atoms with Crippen molar-refractivity contribution in [1.29, 1.82) is 0 Å². The number of halogens is 2. The molecule has 0 aliphatic rings. The highest BCUT2D eigenvalue weighted by molar-refractivity contribution is 9.10. The van der Waals surface area contributed by atoms with Crippen molar-refractivity contribution in [2.24, 2.45) is 0 Å². The van der Waals surface area contributed by atoms with Gasteiger partial charge in [0.1, 0.15) is 29.5 Å². The van der Waals surface area contributed by atoms with Gasteiger partial charge >= 0.3 is 11.9 Å². The van der Waals surface area contributed by atoms with Crippen LogP contribution in [0, 0.1) is 12.7 Å². The third kappa shape index (κ3) is 3.54. The van der Waals surface area contributed by atoms with Crippen molar-refractivity contribution in [3.8, 4) is 0 Å². The molecule has 1 heterocycles. The van der Waals surface area contributed by atoms with E-state index in [1.807, 2.05) is 0 Å². The van der Waals surface area contributed by atoms with E-state index in [2.05, 4.69) is 20.7 Å². The highest BCUT2D eigenvalue weighted by atomic mass is 79.9. The Morgan fingerprint density at radius 1 is 1.23 bits per heavy atom. The lowest BCUT2D eigenvalue weighted by Crippen LogP contribution is -2.07. The first-order valence-corrected chi connectivity index (χ1v) is 7.01. The Labute approximate surface area is 134 Å². The minimum Gasteiger partial charge on any atom is -0.465 e. The van der Waals surface area contributed by atoms with Crippen LogP contribution in [0.25, 0.3) is 0 Å². The summed E-state index contributed by atoms with van der Waals surface area (Å²) in [6.07, 6.45) is 0. The lowest BCUT2D eigenvalue weighted by molar-refractivity contribution is 0.0438. The molecule has 1 aromatic heterocycles. The summed E-state index contributed by atoms with van der Waals surface area (Å²) >= 11 is 3.15. The molecular weight excluding hydrogens is 359 g/mol. The maximum Gasteiger partial charge on any atom is 0.341 e. The molecule has 5 nitrogen and oxygen atoms in total. The molecule has 7 heteroatoms. The van der Waals surface area contributed by atoms with Crippen LogP contribution in [0.1, 0.15) is 32.2 Å². The number of carbonyl (C=O) groups is 2. The summed E-state index contributed by atoms with van der Waals surface area (Å²) in [5.74, 6) is -1.43. The van der Waals surface area contributed by atoms with Gasteiger partial charge in [-0.15, -0.1) is 0 Å². The molecule has 0 saturated carbocycles. The summed E-state index contributed by atoms with van der Waals surface area (Å²) in [5.41, 5.74) is 0.0630. The molecule has 0 unspecified atom stereocenters. The Morgan fingerprint density at radius 2 is 1.95 bits per heavy atom. The Morgan fingerprint density at radius 3 is 2.64 bits per heavy atom. The van der Waals surface area contributed by atoms with Crippen LogP contribution in [0.4, 0.5) is 4.39 Å². The normalized spacial score (nSPS) is 10.4. The lowest BCUT2D eigenvalue weighted by Gasteiger charge is -2.04. The van der Waals surface area contributed by atoms with Crippen LogP contribution in [0.2, 0.25) is 0 Å². The minimum atomic E-state index is -0.826. The van der Waals surface area contributed by atoms with Crippen molar-refractivity contribution in [2.45, 2.75) is 13.5 Å². The topological polar surface area (TPSA) is 65.7 Å². The Bertz CT molecular complexity index is 723. The Balaban J connectivity index is 2.08. The van der Waals surface area contributed by atoms with Gasteiger partial charge < -0.3 is 13.9 Å². The highest BCUT2D eigenvalue weighted by Crippen LogP contribution is 2.19. The van der Waals surface area contributed by atoms with Crippen molar-refractivity contribution >= 4 is 27.9 Å². The molecule has 2 rings (SSSR count). The average Bonchev–Trinajstić information content (AvgIpc) is 2.87. The van der Waals surface area contributed by atoms with Gasteiger partial charge in [-0.05, 0) is 31.2 Å². The molecular formula is C15H12BrFO5. The number of esters is 2. The first-order chi connectivity index (χ1) is 10.4. The van der Waals surface area contributed by atoms with Crippen molar-refractivity contribution in [2.75, 3.05) is 7.11 Å². The molecule has 0 aliphatic carbocycles. The van der Waals surface area contributed by atoms with Crippen LogP contribution in [0.15, 0.2) is 33.2 Å². The van der Waals surface area contributed by atoms with E-state index in [9.17, 15) is 14.0 Å². The summed E-state index contributed by atoms with van der Waals surface area (Å²) in [7, 11) is 1.25. The van der Waals surface area contributed by atoms with E-state index in [4.69, 9.17) is 9.15 Å². The molecule has 22 heavy (non-hydrogen) atoms. The molecule has 0 saturated heterocycles. The van der Waals surface area contributed by atoms with Crippen LogP contribution in [0.3, 0.4) is 0 Å². The van der Waals surface area contributed by atoms with Crippen LogP contribution in [-0.2, 0) is 16.1 Å². The fraction of sp³-hybridized carbons (Fsp3) is 0.200. The molecule has 0 spiro atoms. The largest absolute Gasteiger partial charge is 0.465 e. The standard InChI is InChI=1S/C15H12BrFO5/c1-8-11(14(18)20-2)6-10(22-8)7-21-15(19)12-5-9(16)3-4-13(12)17/h3-6H,7H2,1-2H3. The number of rotatable bonds is 4. The molecule has 0 fully saturated rings. The number of ether oxygens (including phenoxy) is 2. The third-order valence-corrected chi connectivity index (χ3v) is 3.36. The van der Waals surface area contributed by atoms with Crippen LogP contribution in [0.5, 0.6) is 0 Å². The lowest BCUT2D eigenvalue weighted by atomic mass is 10.2. The zero-order valence-corrected chi connectivity index (χ0v) is 13.4. The van der Waals surface area contributed by atoms with Gasteiger partial charge in [0, 0.05) is 4.47 Å². The van der Waals surface area contributed by atoms with Gasteiger partial charge in [-0.2, -0.15) is 0 Å². The fourth-order valence-electron chi connectivity index (χ4n) is 1.80. The van der Waals surface area contributed by atoms with Crippen molar-refractivity contribution < 1.29 is 27.9 Å². The first kappa shape index (κ1) is 16.2. The highest BCUT2D eigenvalue weighted by Gasteiger charge is 2.18. The molecule has 0 bridgehead atoms. The number of hydrogen-bond acceptors (Lipinski definition) is 5. The molecule has 1 aromatic carbocycles. The summed E-state index contributed by atoms with van der Waals surface area (Å²) in [6.45, 7) is 1.37. The third-order valence-electron chi connectivity index (χ3n) is 2.87. The van der Waals surface area contributed by atoms with Gasteiger partial charge in [0.15, 0.2) is 0 Å². The van der Waals surface area contributed by atoms with Gasteiger partial charge in [0.05, 0.1) is 12.7 Å². The zero-order chi connectivity index (χ0) is 16.3. The SMILES string of the molecule is COC(=O)c1cc(COC(=O)c2cc(Br)ccc2F)oc1C. The molecule has 0 radical (unpaired) electrons. The second kappa shape index (κ2) is 6.74. The number of hydrogen-bond donors (Lipinski definition) is 0. The summed E-state index contributed by atoms with van der Waals surface area (Å²) < 4.78 is 29.0. The van der Waals surface area contributed by atoms with Crippen molar-refractivity contribution in [3.05, 3.63) is 57.2 Å². The molecule has 0 aliphatic heterocycles. The van der Waals surface area contributed by atoms with E-state index < -0.39 is 17.8 Å². The molecule has 116 valence electrons. The van der Waals surface area contributed by atoms with Crippen molar-refractivity contribution in [3.63, 3.8) is 0 Å². The Hall–Kier alpha value is -2.15. The predicted octanol–water partition coefficient (Wildman–Crippen LogP) is 3.63. The van der Waals surface area contributed by atoms with Gasteiger partial charge in [-0.1, -0.05) is 15.9 Å². The molecule has 2 aromatic rings. The van der Waals surface area contributed by atoms with E-state index in [-0.39, 0.29) is 23.5 Å². The van der Waals surface area contributed by atoms with E-state index in [1.54, 1.807) is 6.92 Å². The van der Waals surface area contributed by atoms with Crippen molar-refractivity contribution in [1.82, 2.24) is 0 Å². The van der Waals surface area contributed by atoms with Gasteiger partial charge in [-0.3, -0.25) is 0 Å². The summed E-state index contributed by atoms with van der Waals surface area (Å²) in [5, 5.41) is 0. The molecule has 0 N–H and O–H groups in total. The predicted molar refractivity (Wildman–Crippen MR) is 78.0 cm³/mol. The van der Waals surface area contributed by atoms with Crippen LogP contribution < -0.4 is 0 Å². The van der Waals surface area contributed by atoms with E-state index >= 15 is 0 Å². The number of benzene rings is 1. The number of methoxy groups -OCH3 is 1. The van der Waals surface area contributed by atoms with Crippen LogP contribution in [-0.4, -0.2) is 19.0 Å². The zero-order valence-electron chi connectivity index (χ0n) is 11.8. The maximum absolute atomic E-state index is 13.6. The summed E-state index contributed by atoms with van der Waals surface area (Å²) in [6, 6.07) is 5.38. The van der Waals surface area contributed by atoms with E-state index in [0.29, 0.717) is 10.2 Å². The van der Waals surface area contributed by atoms with Gasteiger partial charge in [0.25, 0.3) is 0 Å². The van der Waals surface area contributed by atoms with E-state index in [0.717, 1.165) is 6.07 Å². The average molecular weight is 371 g/mol. The second-order valence-electron chi connectivity index (χ2n) is 4.37. The number of furan rings is 1. The Kier molecular flexibility index (Phi) is 4.97. The fourth-order valence-corrected chi connectivity index (χ4v) is 2.16. The second-order valence-corrected chi connectivity index (χ2v) is 5.29. The minimum absolute atomic E-state index is 0.189. The number of carbonyl (C=O) groups excluding carboxylic acids is 2. The molecule has 0 amide bonds. The summed E-state index contributed by atoms with van der Waals surface area (Å²) in [4.78, 5) is 23.3. The van der Waals surface area contributed by atoms with Crippen LogP contribution >= 0.6 is 15.9 Å². The van der Waals surface area contributed by atoms with E-state index in [1.165, 1.54) is 25.3 Å². The monoisotopic (exact) mass is 370 g/mol. The number of aryl methyl sites for hydroxylation is 1.